The Bertz CT molecular complexity index is 689. The molecule has 0 aliphatic heterocycles. The summed E-state index contributed by atoms with van der Waals surface area (Å²) in [5.41, 5.74) is 0.108. The molecule has 0 heterocycles. The van der Waals surface area contributed by atoms with Crippen LogP contribution in [0.1, 0.15) is 10.4 Å². The van der Waals surface area contributed by atoms with E-state index < -0.39 is 0 Å². The minimum Gasteiger partial charge on any atom is -0.496 e. The van der Waals surface area contributed by atoms with Gasteiger partial charge >= 0.3 is 0 Å². The maximum Gasteiger partial charge on any atom is 0.188 e. The summed E-state index contributed by atoms with van der Waals surface area (Å²) >= 11 is 12.2. The molecule has 0 radical (unpaired) electrons. The maximum atomic E-state index is 12.6. The first-order valence-corrected chi connectivity index (χ1v) is 8.32. The first-order chi connectivity index (χ1) is 11.0. The molecule has 23 heavy (non-hydrogen) atoms. The van der Waals surface area contributed by atoms with Crippen LogP contribution in [0, 0.1) is 0 Å². The Kier molecular flexibility index (Phi) is 6.11. The van der Waals surface area contributed by atoms with Crippen LogP contribution in [0.25, 0.3) is 0 Å². The summed E-state index contributed by atoms with van der Waals surface area (Å²) in [6, 6.07) is 8.36. The number of carbonyl (C=O) groups is 1. The predicted octanol–water partition coefficient (Wildman–Crippen LogP) is 4.16. The standard InChI is InChI=1S/C16H15Cl2O4P/c1-20-9-7-12(21-2)15(13(8-9)22-3)23-16(19)14-10(17)5-4-6-11(14)18/h4-8,23H,1-3H3. The van der Waals surface area contributed by atoms with E-state index in [2.05, 4.69) is 0 Å². The second-order valence-electron chi connectivity index (χ2n) is 4.46. The molecule has 0 N–H and O–H groups in total. The largest absolute Gasteiger partial charge is 0.496 e. The Morgan fingerprint density at radius 2 is 1.48 bits per heavy atom. The second kappa shape index (κ2) is 7.87. The van der Waals surface area contributed by atoms with Crippen molar-refractivity contribution in [2.45, 2.75) is 0 Å². The van der Waals surface area contributed by atoms with E-state index in [9.17, 15) is 4.79 Å². The van der Waals surface area contributed by atoms with Crippen molar-refractivity contribution in [2.75, 3.05) is 21.3 Å². The number of ether oxygens (including phenoxy) is 3. The van der Waals surface area contributed by atoms with Crippen LogP contribution >= 0.6 is 31.8 Å². The van der Waals surface area contributed by atoms with Gasteiger partial charge in [-0.05, 0) is 20.7 Å². The van der Waals surface area contributed by atoms with E-state index in [1.165, 1.54) is 14.2 Å². The second-order valence-corrected chi connectivity index (χ2v) is 6.48. The zero-order valence-electron chi connectivity index (χ0n) is 12.8. The quantitative estimate of drug-likeness (QED) is 0.714. The molecule has 0 aliphatic rings. The fraction of sp³-hybridized carbons (Fsp3) is 0.188. The first kappa shape index (κ1) is 17.9. The highest BCUT2D eigenvalue weighted by Gasteiger charge is 2.21. The number of benzene rings is 2. The van der Waals surface area contributed by atoms with E-state index in [-0.39, 0.29) is 14.1 Å². The number of hydrogen-bond donors (Lipinski definition) is 0. The van der Waals surface area contributed by atoms with Crippen LogP contribution in [0.15, 0.2) is 30.3 Å². The highest BCUT2D eigenvalue weighted by Crippen LogP contribution is 2.36. The zero-order valence-corrected chi connectivity index (χ0v) is 15.3. The Hall–Kier alpha value is -1.48. The molecule has 2 aromatic carbocycles. The minimum atomic E-state index is -0.256. The van der Waals surface area contributed by atoms with Gasteiger partial charge < -0.3 is 14.2 Å². The third-order valence-corrected chi connectivity index (χ3v) is 4.99. The van der Waals surface area contributed by atoms with Gasteiger partial charge in [0.2, 0.25) is 0 Å². The summed E-state index contributed by atoms with van der Waals surface area (Å²) in [6.07, 6.45) is 0. The van der Waals surface area contributed by atoms with Crippen LogP contribution < -0.4 is 19.5 Å². The van der Waals surface area contributed by atoms with Gasteiger partial charge in [-0.3, -0.25) is 4.79 Å². The van der Waals surface area contributed by atoms with E-state index in [1.54, 1.807) is 37.4 Å². The molecule has 7 heteroatoms. The third kappa shape index (κ3) is 3.89. The molecule has 1 atom stereocenters. The lowest BCUT2D eigenvalue weighted by Crippen LogP contribution is -2.10. The molecular formula is C16H15Cl2O4P. The first-order valence-electron chi connectivity index (χ1n) is 6.57. The Balaban J connectivity index is 2.45. The van der Waals surface area contributed by atoms with Crippen LogP contribution in [-0.2, 0) is 0 Å². The number of carbonyl (C=O) groups excluding carboxylic acids is 1. The summed E-state index contributed by atoms with van der Waals surface area (Å²) in [5.74, 6) is 1.60. The highest BCUT2D eigenvalue weighted by molar-refractivity contribution is 7.66. The Morgan fingerprint density at radius 3 is 1.91 bits per heavy atom. The molecule has 1 unspecified atom stereocenters. The van der Waals surface area contributed by atoms with Crippen molar-refractivity contribution in [3.05, 3.63) is 45.9 Å². The number of hydrogen-bond acceptors (Lipinski definition) is 4. The van der Waals surface area contributed by atoms with Gasteiger partial charge in [0.15, 0.2) is 5.52 Å². The lowest BCUT2D eigenvalue weighted by molar-refractivity contribution is 0.108. The molecule has 4 nitrogen and oxygen atoms in total. The fourth-order valence-electron chi connectivity index (χ4n) is 2.02. The van der Waals surface area contributed by atoms with E-state index in [1.807, 2.05) is 0 Å². The van der Waals surface area contributed by atoms with Crippen LogP contribution in [0.2, 0.25) is 10.0 Å². The number of rotatable bonds is 6. The van der Waals surface area contributed by atoms with Crippen LogP contribution in [0.3, 0.4) is 0 Å². The highest BCUT2D eigenvalue weighted by atomic mass is 35.5. The molecule has 0 saturated heterocycles. The molecule has 0 amide bonds. The Morgan fingerprint density at radius 1 is 0.957 bits per heavy atom. The molecule has 2 rings (SSSR count). The molecule has 2 aromatic rings. The summed E-state index contributed by atoms with van der Waals surface area (Å²) in [4.78, 5) is 12.6. The minimum absolute atomic E-state index is 0.192. The smallest absolute Gasteiger partial charge is 0.188 e. The lowest BCUT2D eigenvalue weighted by Gasteiger charge is -2.15. The van der Waals surface area contributed by atoms with E-state index >= 15 is 0 Å². The van der Waals surface area contributed by atoms with Crippen molar-refractivity contribution in [3.63, 3.8) is 0 Å². The van der Waals surface area contributed by atoms with Crippen LogP contribution in [0.5, 0.6) is 17.2 Å². The van der Waals surface area contributed by atoms with Gasteiger partial charge in [-0.25, -0.2) is 0 Å². The van der Waals surface area contributed by atoms with Gasteiger partial charge in [-0.1, -0.05) is 29.3 Å². The van der Waals surface area contributed by atoms with Crippen molar-refractivity contribution in [2.24, 2.45) is 0 Å². The van der Waals surface area contributed by atoms with E-state index in [4.69, 9.17) is 37.4 Å². The molecule has 0 fully saturated rings. The topological polar surface area (TPSA) is 44.8 Å². The molecule has 0 aliphatic carbocycles. The molecular weight excluding hydrogens is 358 g/mol. The van der Waals surface area contributed by atoms with Gasteiger partial charge in [0.25, 0.3) is 0 Å². The van der Waals surface area contributed by atoms with Gasteiger partial charge in [0.1, 0.15) is 17.2 Å². The number of halogens is 2. The van der Waals surface area contributed by atoms with Crippen molar-refractivity contribution in [1.29, 1.82) is 0 Å². The van der Waals surface area contributed by atoms with Gasteiger partial charge in [0, 0.05) is 12.1 Å². The fourth-order valence-corrected chi connectivity index (χ4v) is 3.96. The maximum absolute atomic E-state index is 12.6. The summed E-state index contributed by atoms with van der Waals surface area (Å²) in [5, 5.41) is 1.28. The molecule has 0 aromatic heterocycles. The van der Waals surface area contributed by atoms with Crippen molar-refractivity contribution in [3.8, 4) is 17.2 Å². The molecule has 0 spiro atoms. The third-order valence-electron chi connectivity index (χ3n) is 3.14. The normalized spacial score (nSPS) is 10.8. The van der Waals surface area contributed by atoms with Gasteiger partial charge in [-0.15, -0.1) is 0 Å². The van der Waals surface area contributed by atoms with Crippen LogP contribution in [0.4, 0.5) is 0 Å². The monoisotopic (exact) mass is 372 g/mol. The van der Waals surface area contributed by atoms with Crippen molar-refractivity contribution < 1.29 is 19.0 Å². The summed E-state index contributed by atoms with van der Waals surface area (Å²) < 4.78 is 15.9. The summed E-state index contributed by atoms with van der Waals surface area (Å²) in [6.45, 7) is 0. The lowest BCUT2D eigenvalue weighted by atomic mass is 10.2. The SMILES string of the molecule is COc1cc(OC)c(PC(=O)c2c(Cl)cccc2Cl)c(OC)c1. The average molecular weight is 373 g/mol. The van der Waals surface area contributed by atoms with Crippen molar-refractivity contribution >= 4 is 42.6 Å². The molecule has 122 valence electrons. The van der Waals surface area contributed by atoms with Gasteiger partial charge in [-0.2, -0.15) is 0 Å². The van der Waals surface area contributed by atoms with Crippen molar-refractivity contribution in [1.82, 2.24) is 0 Å². The predicted molar refractivity (Wildman–Crippen MR) is 94.8 cm³/mol. The molecule has 0 saturated carbocycles. The van der Waals surface area contributed by atoms with E-state index in [0.29, 0.717) is 38.2 Å². The molecule has 0 bridgehead atoms. The van der Waals surface area contributed by atoms with Crippen LogP contribution in [-0.4, -0.2) is 26.9 Å². The van der Waals surface area contributed by atoms with Gasteiger partial charge in [0.05, 0.1) is 42.2 Å². The zero-order chi connectivity index (χ0) is 17.0. The summed E-state index contributed by atoms with van der Waals surface area (Å²) in [7, 11) is 4.34. The van der Waals surface area contributed by atoms with E-state index in [0.717, 1.165) is 0 Å². The Labute approximate surface area is 146 Å². The average Bonchev–Trinajstić information content (AvgIpc) is 2.54. The number of methoxy groups -OCH3 is 3.